The van der Waals surface area contributed by atoms with Gasteiger partial charge < -0.3 is 0 Å². The minimum absolute atomic E-state index is 0.562. The molecule has 0 spiro atoms. The molecule has 9 heavy (non-hydrogen) atoms. The highest BCUT2D eigenvalue weighted by molar-refractivity contribution is 9.09. The molecule has 0 atom stereocenters. The molecule has 1 rings (SSSR count). The zero-order valence-electron chi connectivity index (χ0n) is 4.63. The summed E-state index contributed by atoms with van der Waals surface area (Å²) in [6.07, 6.45) is 0. The van der Waals surface area contributed by atoms with Gasteiger partial charge in [-0.2, -0.15) is 5.21 Å². The summed E-state index contributed by atoms with van der Waals surface area (Å²) < 4.78 is 0. The SMILES string of the molecule is C=C(CBr)c1nn[nH]n1. The van der Waals surface area contributed by atoms with E-state index >= 15 is 0 Å². The fourth-order valence-electron chi connectivity index (χ4n) is 0.371. The van der Waals surface area contributed by atoms with Crippen LogP contribution in [0.2, 0.25) is 0 Å². The fourth-order valence-corrected chi connectivity index (χ4v) is 0.622. The quantitative estimate of drug-likeness (QED) is 0.693. The molecule has 0 fully saturated rings. The van der Waals surface area contributed by atoms with E-state index in [4.69, 9.17) is 0 Å². The van der Waals surface area contributed by atoms with Crippen LogP contribution in [0.1, 0.15) is 5.82 Å². The van der Waals surface area contributed by atoms with Gasteiger partial charge in [0.2, 0.25) is 5.82 Å². The predicted molar refractivity (Wildman–Crippen MR) is 37.0 cm³/mol. The van der Waals surface area contributed by atoms with E-state index in [1.807, 2.05) is 0 Å². The van der Waals surface area contributed by atoms with E-state index in [0.717, 1.165) is 5.57 Å². The second-order valence-corrected chi connectivity index (χ2v) is 2.03. The maximum Gasteiger partial charge on any atom is 0.200 e. The molecule has 0 saturated heterocycles. The van der Waals surface area contributed by atoms with Gasteiger partial charge in [-0.05, 0) is 5.21 Å². The van der Waals surface area contributed by atoms with Crippen LogP contribution in [0.4, 0.5) is 0 Å². The number of hydrogen-bond donors (Lipinski definition) is 1. The molecule has 0 aliphatic rings. The van der Waals surface area contributed by atoms with Gasteiger partial charge in [0.25, 0.3) is 0 Å². The molecule has 0 aromatic carbocycles. The highest BCUT2D eigenvalue weighted by Crippen LogP contribution is 2.05. The van der Waals surface area contributed by atoms with E-state index in [0.29, 0.717) is 11.2 Å². The Hall–Kier alpha value is -0.710. The molecule has 0 saturated carbocycles. The van der Waals surface area contributed by atoms with Crippen LogP contribution in [0.5, 0.6) is 0 Å². The zero-order valence-corrected chi connectivity index (χ0v) is 6.22. The number of alkyl halides is 1. The third-order valence-corrected chi connectivity index (χ3v) is 1.50. The summed E-state index contributed by atoms with van der Waals surface area (Å²) in [6.45, 7) is 3.68. The molecule has 0 amide bonds. The monoisotopic (exact) mass is 188 g/mol. The first-order valence-corrected chi connectivity index (χ1v) is 3.44. The van der Waals surface area contributed by atoms with Crippen molar-refractivity contribution in [3.63, 3.8) is 0 Å². The Kier molecular flexibility index (Phi) is 1.94. The molecule has 1 aromatic rings. The first-order chi connectivity index (χ1) is 4.34. The second-order valence-electron chi connectivity index (χ2n) is 1.47. The third kappa shape index (κ3) is 1.35. The summed E-state index contributed by atoms with van der Waals surface area (Å²) in [7, 11) is 0. The number of H-pyrrole nitrogens is 1. The molecule has 4 nitrogen and oxygen atoms in total. The highest BCUT2D eigenvalue weighted by atomic mass is 79.9. The number of nitrogens with one attached hydrogen (secondary N) is 1. The summed E-state index contributed by atoms with van der Waals surface area (Å²) in [4.78, 5) is 0. The molecular formula is C4H5BrN4. The van der Waals surface area contributed by atoms with Crippen molar-refractivity contribution in [2.75, 3.05) is 5.33 Å². The maximum absolute atomic E-state index is 3.71. The molecule has 0 radical (unpaired) electrons. The van der Waals surface area contributed by atoms with Crippen molar-refractivity contribution < 1.29 is 0 Å². The molecule has 0 bridgehead atoms. The minimum Gasteiger partial charge on any atom is -0.177 e. The van der Waals surface area contributed by atoms with Crippen LogP contribution in [0.15, 0.2) is 6.58 Å². The van der Waals surface area contributed by atoms with E-state index in [-0.39, 0.29) is 0 Å². The van der Waals surface area contributed by atoms with Crippen molar-refractivity contribution in [3.05, 3.63) is 12.4 Å². The average molecular weight is 189 g/mol. The molecule has 0 aliphatic heterocycles. The zero-order chi connectivity index (χ0) is 6.69. The predicted octanol–water partition coefficient (Wildman–Crippen LogP) is 0.608. The summed E-state index contributed by atoms with van der Waals surface area (Å²) in [5, 5.41) is 13.8. The Morgan fingerprint density at radius 2 is 2.56 bits per heavy atom. The highest BCUT2D eigenvalue weighted by Gasteiger charge is 1.99. The van der Waals surface area contributed by atoms with Gasteiger partial charge in [0.05, 0.1) is 0 Å². The summed E-state index contributed by atoms with van der Waals surface area (Å²) in [6, 6.07) is 0. The number of aromatic nitrogens is 4. The number of nitrogens with zero attached hydrogens (tertiary/aromatic N) is 3. The lowest BCUT2D eigenvalue weighted by molar-refractivity contribution is 0.881. The first kappa shape index (κ1) is 6.41. The third-order valence-electron chi connectivity index (χ3n) is 0.823. The van der Waals surface area contributed by atoms with Crippen LogP contribution in [0.25, 0.3) is 5.57 Å². The van der Waals surface area contributed by atoms with Crippen molar-refractivity contribution in [3.8, 4) is 0 Å². The largest absolute Gasteiger partial charge is 0.200 e. The number of allylic oxidation sites excluding steroid dienone is 1. The van der Waals surface area contributed by atoms with Crippen molar-refractivity contribution in [1.29, 1.82) is 0 Å². The lowest BCUT2D eigenvalue weighted by Crippen LogP contribution is -1.85. The fraction of sp³-hybridized carbons (Fsp3) is 0.250. The smallest absolute Gasteiger partial charge is 0.177 e. The Morgan fingerprint density at radius 1 is 1.78 bits per heavy atom. The first-order valence-electron chi connectivity index (χ1n) is 2.32. The maximum atomic E-state index is 3.71. The Labute approximate surface area is 60.5 Å². The van der Waals surface area contributed by atoms with Gasteiger partial charge in [-0.25, -0.2) is 0 Å². The summed E-state index contributed by atoms with van der Waals surface area (Å²) >= 11 is 3.21. The number of aromatic amines is 1. The summed E-state index contributed by atoms with van der Waals surface area (Å²) in [5.74, 6) is 0.562. The Morgan fingerprint density at radius 3 is 3.00 bits per heavy atom. The number of halogens is 1. The van der Waals surface area contributed by atoms with E-state index in [1.165, 1.54) is 0 Å². The van der Waals surface area contributed by atoms with Gasteiger partial charge in [0.1, 0.15) is 0 Å². The molecule has 5 heteroatoms. The van der Waals surface area contributed by atoms with Crippen LogP contribution in [-0.4, -0.2) is 26.0 Å². The molecular weight excluding hydrogens is 184 g/mol. The standard InChI is InChI=1S/C4H5BrN4/c1-3(2-5)4-6-8-9-7-4/h1-2H2,(H,6,7,8,9). The Balaban J connectivity index is 2.77. The molecule has 0 unspecified atom stereocenters. The van der Waals surface area contributed by atoms with Gasteiger partial charge in [-0.1, -0.05) is 22.5 Å². The van der Waals surface area contributed by atoms with Crippen LogP contribution in [0.3, 0.4) is 0 Å². The topological polar surface area (TPSA) is 54.5 Å². The second kappa shape index (κ2) is 2.72. The van der Waals surface area contributed by atoms with Crippen molar-refractivity contribution in [2.45, 2.75) is 0 Å². The van der Waals surface area contributed by atoms with E-state index in [1.54, 1.807) is 0 Å². The van der Waals surface area contributed by atoms with E-state index in [9.17, 15) is 0 Å². The van der Waals surface area contributed by atoms with Crippen LogP contribution >= 0.6 is 15.9 Å². The van der Waals surface area contributed by atoms with Crippen LogP contribution < -0.4 is 0 Å². The van der Waals surface area contributed by atoms with Crippen LogP contribution in [0, 0.1) is 0 Å². The van der Waals surface area contributed by atoms with Crippen molar-refractivity contribution >= 4 is 21.5 Å². The van der Waals surface area contributed by atoms with Gasteiger partial charge >= 0.3 is 0 Å². The normalized spacial score (nSPS) is 9.44. The Bertz CT molecular complexity index is 192. The van der Waals surface area contributed by atoms with Crippen molar-refractivity contribution in [1.82, 2.24) is 20.6 Å². The molecule has 48 valence electrons. The van der Waals surface area contributed by atoms with E-state index in [2.05, 4.69) is 43.1 Å². The van der Waals surface area contributed by atoms with E-state index < -0.39 is 0 Å². The van der Waals surface area contributed by atoms with Gasteiger partial charge in [0, 0.05) is 10.9 Å². The lowest BCUT2D eigenvalue weighted by Gasteiger charge is -1.87. The summed E-state index contributed by atoms with van der Waals surface area (Å²) in [5.41, 5.74) is 0.823. The number of hydrogen-bond acceptors (Lipinski definition) is 3. The minimum atomic E-state index is 0.562. The van der Waals surface area contributed by atoms with Gasteiger partial charge in [0.15, 0.2) is 0 Å². The molecule has 1 N–H and O–H groups in total. The molecule has 0 aliphatic carbocycles. The average Bonchev–Trinajstić information content (AvgIpc) is 2.37. The number of tetrazole rings is 1. The molecule has 1 aromatic heterocycles. The van der Waals surface area contributed by atoms with Crippen LogP contribution in [-0.2, 0) is 0 Å². The van der Waals surface area contributed by atoms with Gasteiger partial charge in [-0.3, -0.25) is 0 Å². The number of rotatable bonds is 2. The molecule has 1 heterocycles. The lowest BCUT2D eigenvalue weighted by atomic mass is 10.3. The van der Waals surface area contributed by atoms with Gasteiger partial charge in [-0.15, -0.1) is 10.2 Å². The van der Waals surface area contributed by atoms with Crippen molar-refractivity contribution in [2.24, 2.45) is 0 Å².